The lowest BCUT2D eigenvalue weighted by atomic mass is 10.3. The highest BCUT2D eigenvalue weighted by atomic mass is 15.3. The van der Waals surface area contributed by atoms with Crippen LogP contribution in [0.1, 0.15) is 6.92 Å². The molecule has 8 heteroatoms. The molecular formula is C11H12N8. The van der Waals surface area contributed by atoms with Crippen molar-refractivity contribution in [2.45, 2.75) is 13.5 Å². The van der Waals surface area contributed by atoms with Crippen molar-refractivity contribution in [2.24, 2.45) is 0 Å². The first-order valence-electron chi connectivity index (χ1n) is 5.79. The largest absolute Gasteiger partial charge is 0.368 e. The summed E-state index contributed by atoms with van der Waals surface area (Å²) in [5.74, 6) is 1.10. The second-order valence-corrected chi connectivity index (χ2v) is 3.87. The maximum absolute atomic E-state index is 5.72. The third-order valence-electron chi connectivity index (χ3n) is 2.59. The Labute approximate surface area is 109 Å². The van der Waals surface area contributed by atoms with Crippen LogP contribution in [0.5, 0.6) is 0 Å². The molecule has 0 radical (unpaired) electrons. The summed E-state index contributed by atoms with van der Waals surface area (Å²) < 4.78 is 3.47. The molecule has 8 nitrogen and oxygen atoms in total. The van der Waals surface area contributed by atoms with Gasteiger partial charge in [-0.05, 0) is 6.92 Å². The second kappa shape index (κ2) is 4.48. The van der Waals surface area contributed by atoms with Crippen LogP contribution in [-0.4, -0.2) is 34.3 Å². The molecule has 0 saturated heterocycles. The maximum Gasteiger partial charge on any atom is 0.240 e. The van der Waals surface area contributed by atoms with Crippen LogP contribution in [0.3, 0.4) is 0 Å². The lowest BCUT2D eigenvalue weighted by molar-refractivity contribution is 0.660. The van der Waals surface area contributed by atoms with Gasteiger partial charge in [0.25, 0.3) is 0 Å². The van der Waals surface area contributed by atoms with Crippen LogP contribution in [0.4, 0.5) is 5.95 Å². The molecule has 0 fully saturated rings. The highest BCUT2D eigenvalue weighted by Crippen LogP contribution is 2.15. The molecule has 3 aromatic rings. The first-order valence-corrected chi connectivity index (χ1v) is 5.79. The number of anilines is 1. The van der Waals surface area contributed by atoms with E-state index in [0.29, 0.717) is 11.8 Å². The van der Waals surface area contributed by atoms with Crippen LogP contribution in [0.15, 0.2) is 31.1 Å². The van der Waals surface area contributed by atoms with E-state index in [1.54, 1.807) is 34.2 Å². The summed E-state index contributed by atoms with van der Waals surface area (Å²) in [7, 11) is 0. The highest BCUT2D eigenvalue weighted by Gasteiger charge is 2.09. The molecule has 0 unspecified atom stereocenters. The zero-order valence-electron chi connectivity index (χ0n) is 10.3. The smallest absolute Gasteiger partial charge is 0.240 e. The number of hydrogen-bond donors (Lipinski definition) is 1. The van der Waals surface area contributed by atoms with Gasteiger partial charge in [0.2, 0.25) is 11.9 Å². The van der Waals surface area contributed by atoms with Gasteiger partial charge in [-0.2, -0.15) is 20.1 Å². The molecule has 2 N–H and O–H groups in total. The molecule has 0 saturated carbocycles. The summed E-state index contributed by atoms with van der Waals surface area (Å²) in [5, 5.41) is 4.19. The van der Waals surface area contributed by atoms with Gasteiger partial charge in [-0.25, -0.2) is 4.98 Å². The molecule has 0 amide bonds. The fourth-order valence-corrected chi connectivity index (χ4v) is 1.65. The lowest BCUT2D eigenvalue weighted by Gasteiger charge is -2.03. The predicted molar refractivity (Wildman–Crippen MR) is 68.3 cm³/mol. The van der Waals surface area contributed by atoms with Gasteiger partial charge in [0.15, 0.2) is 5.82 Å². The lowest BCUT2D eigenvalue weighted by Crippen LogP contribution is -2.06. The molecule has 3 aromatic heterocycles. The molecule has 96 valence electrons. The first-order chi connectivity index (χ1) is 9.26. The van der Waals surface area contributed by atoms with E-state index >= 15 is 0 Å². The fraction of sp³-hybridized carbons (Fsp3) is 0.182. The van der Waals surface area contributed by atoms with E-state index in [2.05, 4.69) is 25.0 Å². The van der Waals surface area contributed by atoms with Gasteiger partial charge >= 0.3 is 0 Å². The van der Waals surface area contributed by atoms with Gasteiger partial charge in [0, 0.05) is 25.1 Å². The Balaban J connectivity index is 2.07. The van der Waals surface area contributed by atoms with Crippen molar-refractivity contribution in [1.82, 2.24) is 34.3 Å². The quantitative estimate of drug-likeness (QED) is 0.733. The number of aromatic nitrogens is 7. The number of nitrogen functional groups attached to an aromatic ring is 1. The summed E-state index contributed by atoms with van der Waals surface area (Å²) in [4.78, 5) is 16.5. The van der Waals surface area contributed by atoms with Crippen molar-refractivity contribution in [3.05, 3.63) is 31.1 Å². The Morgan fingerprint density at radius 3 is 2.84 bits per heavy atom. The first kappa shape index (κ1) is 11.3. The van der Waals surface area contributed by atoms with Crippen molar-refractivity contribution in [1.29, 1.82) is 0 Å². The molecule has 0 spiro atoms. The Morgan fingerprint density at radius 1 is 1.26 bits per heavy atom. The summed E-state index contributed by atoms with van der Waals surface area (Å²) in [6, 6.07) is 0. The Bertz CT molecular complexity index is 685. The summed E-state index contributed by atoms with van der Waals surface area (Å²) in [6.45, 7) is 2.80. The van der Waals surface area contributed by atoms with Gasteiger partial charge in [-0.1, -0.05) is 0 Å². The fourth-order valence-electron chi connectivity index (χ4n) is 1.65. The minimum atomic E-state index is 0.165. The monoisotopic (exact) mass is 256 g/mol. The van der Waals surface area contributed by atoms with Crippen molar-refractivity contribution in [2.75, 3.05) is 5.73 Å². The van der Waals surface area contributed by atoms with E-state index in [0.717, 1.165) is 12.1 Å². The molecule has 0 aliphatic heterocycles. The number of nitrogens with two attached hydrogens (primary N) is 1. The zero-order valence-corrected chi connectivity index (χ0v) is 10.3. The van der Waals surface area contributed by atoms with Crippen LogP contribution in [-0.2, 0) is 6.54 Å². The minimum Gasteiger partial charge on any atom is -0.368 e. The van der Waals surface area contributed by atoms with Crippen LogP contribution < -0.4 is 5.73 Å². The third-order valence-corrected chi connectivity index (χ3v) is 2.59. The zero-order chi connectivity index (χ0) is 13.2. The number of aryl methyl sites for hydroxylation is 1. The van der Waals surface area contributed by atoms with Crippen molar-refractivity contribution >= 4 is 5.95 Å². The standard InChI is InChI=1S/C11H12N8/c1-2-19-6-8(5-14-19)9-15-10(12)17-11(16-9)18-4-3-13-7-18/h3-7H,2H2,1H3,(H2,12,15,16,17). The van der Waals surface area contributed by atoms with Crippen LogP contribution in [0.25, 0.3) is 17.3 Å². The Hall–Kier alpha value is -2.77. The Kier molecular flexibility index (Phi) is 2.67. The van der Waals surface area contributed by atoms with Crippen molar-refractivity contribution < 1.29 is 0 Å². The highest BCUT2D eigenvalue weighted by molar-refractivity contribution is 5.54. The predicted octanol–water partition coefficient (Wildman–Crippen LogP) is 0.523. The van der Waals surface area contributed by atoms with Gasteiger partial charge in [0.1, 0.15) is 6.33 Å². The molecule has 0 atom stereocenters. The second-order valence-electron chi connectivity index (χ2n) is 3.87. The van der Waals surface area contributed by atoms with E-state index in [1.807, 2.05) is 13.1 Å². The van der Waals surface area contributed by atoms with Gasteiger partial charge in [-0.3, -0.25) is 9.25 Å². The summed E-state index contributed by atoms with van der Waals surface area (Å²) in [5.41, 5.74) is 6.52. The maximum atomic E-state index is 5.72. The van der Waals surface area contributed by atoms with Gasteiger partial charge in [-0.15, -0.1) is 0 Å². The average Bonchev–Trinajstić information content (AvgIpc) is 3.09. The summed E-state index contributed by atoms with van der Waals surface area (Å²) in [6.07, 6.45) is 8.57. The minimum absolute atomic E-state index is 0.165. The molecule has 3 rings (SSSR count). The molecule has 0 aliphatic rings. The van der Waals surface area contributed by atoms with E-state index < -0.39 is 0 Å². The SMILES string of the molecule is CCn1cc(-c2nc(N)nc(-n3ccnc3)n2)cn1. The number of hydrogen-bond acceptors (Lipinski definition) is 6. The van der Waals surface area contributed by atoms with E-state index in [1.165, 1.54) is 0 Å². The molecule has 0 bridgehead atoms. The van der Waals surface area contributed by atoms with Gasteiger partial charge < -0.3 is 5.73 Å². The molecule has 0 aromatic carbocycles. The van der Waals surface area contributed by atoms with Gasteiger partial charge in [0.05, 0.1) is 11.8 Å². The van der Waals surface area contributed by atoms with Crippen LogP contribution >= 0.6 is 0 Å². The van der Waals surface area contributed by atoms with E-state index in [-0.39, 0.29) is 5.95 Å². The van der Waals surface area contributed by atoms with E-state index in [4.69, 9.17) is 5.73 Å². The average molecular weight is 256 g/mol. The summed E-state index contributed by atoms with van der Waals surface area (Å²) >= 11 is 0. The normalized spacial score (nSPS) is 10.8. The molecular weight excluding hydrogens is 244 g/mol. The van der Waals surface area contributed by atoms with Crippen molar-refractivity contribution in [3.8, 4) is 17.3 Å². The number of nitrogens with zero attached hydrogens (tertiary/aromatic N) is 7. The van der Waals surface area contributed by atoms with Crippen LogP contribution in [0.2, 0.25) is 0 Å². The molecule has 3 heterocycles. The topological polar surface area (TPSA) is 100 Å². The molecule has 0 aliphatic carbocycles. The number of imidazole rings is 1. The molecule has 19 heavy (non-hydrogen) atoms. The van der Waals surface area contributed by atoms with Crippen LogP contribution in [0, 0.1) is 0 Å². The van der Waals surface area contributed by atoms with Crippen molar-refractivity contribution in [3.63, 3.8) is 0 Å². The Morgan fingerprint density at radius 2 is 2.16 bits per heavy atom. The van der Waals surface area contributed by atoms with E-state index in [9.17, 15) is 0 Å². The number of rotatable bonds is 3. The third kappa shape index (κ3) is 2.15.